The summed E-state index contributed by atoms with van der Waals surface area (Å²) in [5.41, 5.74) is 6.38. The maximum absolute atomic E-state index is 10.8. The SMILES string of the molecule is CC(C)CNCc1ccccc1SCC(N)=O. The zero-order valence-electron chi connectivity index (χ0n) is 10.4. The van der Waals surface area contributed by atoms with Crippen LogP contribution < -0.4 is 11.1 Å². The summed E-state index contributed by atoms with van der Waals surface area (Å²) in [5.74, 6) is 0.696. The van der Waals surface area contributed by atoms with Crippen LogP contribution in [0.4, 0.5) is 0 Å². The van der Waals surface area contributed by atoms with Crippen molar-refractivity contribution in [2.24, 2.45) is 11.7 Å². The van der Waals surface area contributed by atoms with Gasteiger partial charge in [-0.25, -0.2) is 0 Å². The second-order valence-electron chi connectivity index (χ2n) is 4.39. The minimum atomic E-state index is -0.278. The molecule has 1 rings (SSSR count). The van der Waals surface area contributed by atoms with Gasteiger partial charge in [-0.3, -0.25) is 4.79 Å². The monoisotopic (exact) mass is 252 g/mol. The van der Waals surface area contributed by atoms with E-state index in [-0.39, 0.29) is 5.91 Å². The second-order valence-corrected chi connectivity index (χ2v) is 5.40. The Labute approximate surface area is 107 Å². The van der Waals surface area contributed by atoms with E-state index in [0.29, 0.717) is 11.7 Å². The van der Waals surface area contributed by atoms with Crippen LogP contribution in [0.1, 0.15) is 19.4 Å². The lowest BCUT2D eigenvalue weighted by Gasteiger charge is -2.11. The number of amides is 1. The van der Waals surface area contributed by atoms with Crippen molar-refractivity contribution in [3.63, 3.8) is 0 Å². The van der Waals surface area contributed by atoms with E-state index in [1.165, 1.54) is 17.3 Å². The van der Waals surface area contributed by atoms with Gasteiger partial charge in [-0.05, 0) is 24.1 Å². The highest BCUT2D eigenvalue weighted by molar-refractivity contribution is 8.00. The first-order valence-electron chi connectivity index (χ1n) is 5.79. The lowest BCUT2D eigenvalue weighted by Crippen LogP contribution is -2.19. The predicted octanol–water partition coefficient (Wildman–Crippen LogP) is 2.01. The summed E-state index contributed by atoms with van der Waals surface area (Å²) >= 11 is 1.50. The Bertz CT molecular complexity index is 366. The number of thioether (sulfide) groups is 1. The molecular weight excluding hydrogens is 232 g/mol. The van der Waals surface area contributed by atoms with E-state index in [2.05, 4.69) is 25.2 Å². The molecule has 0 aliphatic heterocycles. The van der Waals surface area contributed by atoms with Gasteiger partial charge in [0.25, 0.3) is 0 Å². The summed E-state index contributed by atoms with van der Waals surface area (Å²) in [5, 5.41) is 3.40. The molecule has 0 aliphatic carbocycles. The molecule has 0 atom stereocenters. The van der Waals surface area contributed by atoms with Crippen LogP contribution in [0.5, 0.6) is 0 Å². The van der Waals surface area contributed by atoms with Crippen LogP contribution in [-0.2, 0) is 11.3 Å². The normalized spacial score (nSPS) is 10.8. The van der Waals surface area contributed by atoms with Crippen molar-refractivity contribution >= 4 is 17.7 Å². The highest BCUT2D eigenvalue weighted by Crippen LogP contribution is 2.22. The van der Waals surface area contributed by atoms with Gasteiger partial charge < -0.3 is 11.1 Å². The van der Waals surface area contributed by atoms with Crippen LogP contribution in [0.3, 0.4) is 0 Å². The average Bonchev–Trinajstić information content (AvgIpc) is 2.27. The fourth-order valence-electron chi connectivity index (χ4n) is 1.44. The Morgan fingerprint density at radius 1 is 1.41 bits per heavy atom. The Morgan fingerprint density at radius 3 is 2.76 bits per heavy atom. The van der Waals surface area contributed by atoms with Crippen molar-refractivity contribution in [2.45, 2.75) is 25.3 Å². The van der Waals surface area contributed by atoms with Crippen LogP contribution in [0, 0.1) is 5.92 Å². The lowest BCUT2D eigenvalue weighted by atomic mass is 10.2. The molecule has 94 valence electrons. The maximum Gasteiger partial charge on any atom is 0.227 e. The summed E-state index contributed by atoms with van der Waals surface area (Å²) in [6.45, 7) is 6.19. The molecule has 1 aromatic rings. The second kappa shape index (κ2) is 7.35. The first-order chi connectivity index (χ1) is 8.09. The van der Waals surface area contributed by atoms with Crippen molar-refractivity contribution in [1.29, 1.82) is 0 Å². The standard InChI is InChI=1S/C13H20N2OS/c1-10(2)7-15-8-11-5-3-4-6-12(11)17-9-13(14)16/h3-6,10,15H,7-9H2,1-2H3,(H2,14,16). The highest BCUT2D eigenvalue weighted by atomic mass is 32.2. The topological polar surface area (TPSA) is 55.1 Å². The number of primary amides is 1. The summed E-state index contributed by atoms with van der Waals surface area (Å²) < 4.78 is 0. The maximum atomic E-state index is 10.8. The highest BCUT2D eigenvalue weighted by Gasteiger charge is 2.04. The average molecular weight is 252 g/mol. The van der Waals surface area contributed by atoms with Gasteiger partial charge in [-0.2, -0.15) is 0 Å². The van der Waals surface area contributed by atoms with E-state index in [4.69, 9.17) is 5.73 Å². The number of carbonyl (C=O) groups is 1. The van der Waals surface area contributed by atoms with Crippen molar-refractivity contribution in [3.8, 4) is 0 Å². The van der Waals surface area contributed by atoms with Crippen LogP contribution in [-0.4, -0.2) is 18.2 Å². The van der Waals surface area contributed by atoms with Crippen molar-refractivity contribution in [1.82, 2.24) is 5.32 Å². The van der Waals surface area contributed by atoms with Gasteiger partial charge in [0.2, 0.25) is 5.91 Å². The van der Waals surface area contributed by atoms with Crippen LogP contribution >= 0.6 is 11.8 Å². The third-order valence-corrected chi connectivity index (χ3v) is 3.35. The van der Waals surface area contributed by atoms with Gasteiger partial charge >= 0.3 is 0 Å². The fourth-order valence-corrected chi connectivity index (χ4v) is 2.23. The van der Waals surface area contributed by atoms with Gasteiger partial charge in [-0.1, -0.05) is 32.0 Å². The number of rotatable bonds is 7. The molecule has 0 bridgehead atoms. The van der Waals surface area contributed by atoms with Gasteiger partial charge in [0.1, 0.15) is 0 Å². The molecule has 0 saturated carbocycles. The van der Waals surface area contributed by atoms with Gasteiger partial charge in [0, 0.05) is 11.4 Å². The van der Waals surface area contributed by atoms with Gasteiger partial charge in [0.15, 0.2) is 0 Å². The van der Waals surface area contributed by atoms with Crippen LogP contribution in [0.2, 0.25) is 0 Å². The number of carbonyl (C=O) groups excluding carboxylic acids is 1. The zero-order chi connectivity index (χ0) is 12.7. The largest absolute Gasteiger partial charge is 0.369 e. The van der Waals surface area contributed by atoms with Crippen molar-refractivity contribution < 1.29 is 4.79 Å². The Morgan fingerprint density at radius 2 is 2.12 bits per heavy atom. The third kappa shape index (κ3) is 5.75. The predicted molar refractivity (Wildman–Crippen MR) is 72.9 cm³/mol. The van der Waals surface area contributed by atoms with E-state index in [9.17, 15) is 4.79 Å². The Hall–Kier alpha value is -1.00. The molecule has 17 heavy (non-hydrogen) atoms. The minimum absolute atomic E-state index is 0.278. The molecule has 0 fully saturated rings. The van der Waals surface area contributed by atoms with Crippen molar-refractivity contribution in [3.05, 3.63) is 29.8 Å². The van der Waals surface area contributed by atoms with Gasteiger partial charge in [0.05, 0.1) is 5.75 Å². The number of nitrogens with two attached hydrogens (primary N) is 1. The quantitative estimate of drug-likeness (QED) is 0.730. The Kier molecular flexibility index (Phi) is 6.08. The molecule has 1 amide bonds. The summed E-state index contributed by atoms with van der Waals surface area (Å²) in [6, 6.07) is 8.10. The van der Waals surface area contributed by atoms with Crippen molar-refractivity contribution in [2.75, 3.05) is 12.3 Å². The minimum Gasteiger partial charge on any atom is -0.369 e. The molecule has 0 aliphatic rings. The number of benzene rings is 1. The van der Waals surface area contributed by atoms with Gasteiger partial charge in [-0.15, -0.1) is 11.8 Å². The van der Waals surface area contributed by atoms with Crippen LogP contribution in [0.25, 0.3) is 0 Å². The Balaban J connectivity index is 2.54. The molecule has 4 heteroatoms. The summed E-state index contributed by atoms with van der Waals surface area (Å²) in [4.78, 5) is 11.9. The van der Waals surface area contributed by atoms with E-state index < -0.39 is 0 Å². The number of nitrogens with one attached hydrogen (secondary N) is 1. The molecule has 3 N–H and O–H groups in total. The molecule has 0 radical (unpaired) electrons. The molecule has 0 spiro atoms. The van der Waals surface area contributed by atoms with E-state index >= 15 is 0 Å². The fraction of sp³-hybridized carbons (Fsp3) is 0.462. The smallest absolute Gasteiger partial charge is 0.227 e. The molecule has 0 saturated heterocycles. The zero-order valence-corrected chi connectivity index (χ0v) is 11.2. The van der Waals surface area contributed by atoms with E-state index in [0.717, 1.165) is 18.0 Å². The van der Waals surface area contributed by atoms with E-state index in [1.54, 1.807) is 0 Å². The van der Waals surface area contributed by atoms with Crippen LogP contribution in [0.15, 0.2) is 29.2 Å². The molecule has 0 unspecified atom stereocenters. The lowest BCUT2D eigenvalue weighted by molar-refractivity contribution is -0.115. The number of hydrogen-bond acceptors (Lipinski definition) is 3. The third-order valence-electron chi connectivity index (χ3n) is 2.21. The first-order valence-corrected chi connectivity index (χ1v) is 6.78. The number of hydrogen-bond donors (Lipinski definition) is 2. The first kappa shape index (κ1) is 14.1. The molecule has 0 aromatic heterocycles. The molecular formula is C13H20N2OS. The molecule has 1 aromatic carbocycles. The summed E-state index contributed by atoms with van der Waals surface area (Å²) in [6.07, 6.45) is 0. The molecule has 3 nitrogen and oxygen atoms in total. The molecule has 0 heterocycles. The summed E-state index contributed by atoms with van der Waals surface area (Å²) in [7, 11) is 0. The van der Waals surface area contributed by atoms with E-state index in [1.807, 2.05) is 18.2 Å².